The number of halogens is 1. The zero-order valence-corrected chi connectivity index (χ0v) is 17.5. The lowest BCUT2D eigenvalue weighted by molar-refractivity contribution is 0.0768. The Morgan fingerprint density at radius 1 is 1.23 bits per heavy atom. The molecule has 5 rings (SSSR count). The monoisotopic (exact) mass is 422 g/mol. The summed E-state index contributed by atoms with van der Waals surface area (Å²) in [6, 6.07) is 11.6. The molecule has 0 saturated carbocycles. The number of carbonyl (C=O) groups excluding carboxylic acids is 1. The summed E-state index contributed by atoms with van der Waals surface area (Å²) < 4.78 is 0. The minimum atomic E-state index is -0.288. The molecular weight excluding hydrogens is 400 g/mol. The molecule has 154 valence electrons. The standard InChI is InChI=1S/C22H23ClN6O/c1-15-25-21(27-26-15)22-13-28(10-17-5-2-3-7-19(17)23)11-18(22)12-29(14-22)20(30)16-6-4-8-24-9-16/h2-9,18H,10-14H2,1H3,(H,25,26,27)/t18-,22-/m1/s1. The lowest BCUT2D eigenvalue weighted by atomic mass is 9.80. The van der Waals surface area contributed by atoms with Crippen molar-refractivity contribution in [1.29, 1.82) is 0 Å². The Labute approximate surface area is 180 Å². The maximum absolute atomic E-state index is 13.1. The molecule has 0 aliphatic carbocycles. The molecule has 0 bridgehead atoms. The van der Waals surface area contributed by atoms with Crippen molar-refractivity contribution in [3.8, 4) is 0 Å². The van der Waals surface area contributed by atoms with E-state index in [1.165, 1.54) is 0 Å². The number of aryl methyl sites for hydroxylation is 1. The Morgan fingerprint density at radius 3 is 2.83 bits per heavy atom. The minimum absolute atomic E-state index is 0.0155. The van der Waals surface area contributed by atoms with Gasteiger partial charge in [-0.2, -0.15) is 5.10 Å². The van der Waals surface area contributed by atoms with Gasteiger partial charge in [-0.3, -0.25) is 19.8 Å². The molecule has 3 aromatic rings. The number of carbonyl (C=O) groups is 1. The summed E-state index contributed by atoms with van der Waals surface area (Å²) in [5.41, 5.74) is 1.44. The SMILES string of the molecule is Cc1nc([C@@]23CN(Cc4ccccc4Cl)C[C@@H]2CN(C(=O)c2cccnc2)C3)n[nH]1. The number of aromatic amines is 1. The predicted molar refractivity (Wildman–Crippen MR) is 113 cm³/mol. The van der Waals surface area contributed by atoms with Crippen LogP contribution in [0.3, 0.4) is 0 Å². The summed E-state index contributed by atoms with van der Waals surface area (Å²) in [6.07, 6.45) is 3.31. The van der Waals surface area contributed by atoms with Crippen molar-refractivity contribution in [2.75, 3.05) is 26.2 Å². The maximum atomic E-state index is 13.1. The summed E-state index contributed by atoms with van der Waals surface area (Å²) in [4.78, 5) is 26.2. The smallest absolute Gasteiger partial charge is 0.255 e. The van der Waals surface area contributed by atoms with E-state index in [4.69, 9.17) is 11.6 Å². The lowest BCUT2D eigenvalue weighted by Crippen LogP contribution is -2.40. The molecular formula is C22H23ClN6O. The van der Waals surface area contributed by atoms with Gasteiger partial charge in [0, 0.05) is 56.1 Å². The molecule has 2 aliphatic heterocycles. The van der Waals surface area contributed by atoms with Gasteiger partial charge >= 0.3 is 0 Å². The van der Waals surface area contributed by atoms with Crippen LogP contribution in [-0.4, -0.2) is 62.1 Å². The Hall–Kier alpha value is -2.77. The Bertz CT molecular complexity index is 1070. The van der Waals surface area contributed by atoms with Crippen LogP contribution in [-0.2, 0) is 12.0 Å². The summed E-state index contributed by atoms with van der Waals surface area (Å²) in [7, 11) is 0. The van der Waals surface area contributed by atoms with Gasteiger partial charge in [-0.1, -0.05) is 29.8 Å². The van der Waals surface area contributed by atoms with Gasteiger partial charge in [0.15, 0.2) is 5.82 Å². The highest BCUT2D eigenvalue weighted by molar-refractivity contribution is 6.31. The van der Waals surface area contributed by atoms with Crippen molar-refractivity contribution in [2.24, 2.45) is 5.92 Å². The fourth-order valence-electron chi connectivity index (χ4n) is 4.87. The van der Waals surface area contributed by atoms with E-state index in [0.29, 0.717) is 18.7 Å². The van der Waals surface area contributed by atoms with Crippen LogP contribution in [0, 0.1) is 12.8 Å². The Morgan fingerprint density at radius 2 is 2.10 bits per heavy atom. The topological polar surface area (TPSA) is 78.0 Å². The molecule has 1 aromatic carbocycles. The van der Waals surface area contributed by atoms with E-state index in [0.717, 1.165) is 41.9 Å². The van der Waals surface area contributed by atoms with Gasteiger partial charge in [-0.15, -0.1) is 0 Å². The van der Waals surface area contributed by atoms with E-state index in [1.54, 1.807) is 18.5 Å². The Kier molecular flexibility index (Phi) is 4.79. The molecule has 0 unspecified atom stereocenters. The number of fused-ring (bicyclic) bond motifs is 1. The predicted octanol–water partition coefficient (Wildman–Crippen LogP) is 2.69. The molecule has 8 heteroatoms. The largest absolute Gasteiger partial charge is 0.337 e. The van der Waals surface area contributed by atoms with E-state index in [2.05, 4.69) is 31.1 Å². The number of benzene rings is 1. The number of nitrogens with zero attached hydrogens (tertiary/aromatic N) is 5. The number of hydrogen-bond donors (Lipinski definition) is 1. The number of pyridine rings is 1. The van der Waals surface area contributed by atoms with Crippen molar-refractivity contribution in [2.45, 2.75) is 18.9 Å². The molecule has 2 atom stereocenters. The van der Waals surface area contributed by atoms with E-state index >= 15 is 0 Å². The summed E-state index contributed by atoms with van der Waals surface area (Å²) in [5.74, 6) is 1.87. The molecule has 1 N–H and O–H groups in total. The van der Waals surface area contributed by atoms with Crippen LogP contribution in [0.5, 0.6) is 0 Å². The number of hydrogen-bond acceptors (Lipinski definition) is 5. The van der Waals surface area contributed by atoms with Gasteiger partial charge < -0.3 is 4.90 Å². The molecule has 4 heterocycles. The van der Waals surface area contributed by atoms with E-state index < -0.39 is 0 Å². The average molecular weight is 423 g/mol. The number of H-pyrrole nitrogens is 1. The van der Waals surface area contributed by atoms with Crippen molar-refractivity contribution in [1.82, 2.24) is 30.0 Å². The highest BCUT2D eigenvalue weighted by Crippen LogP contribution is 2.44. The molecule has 0 spiro atoms. The first-order valence-electron chi connectivity index (χ1n) is 10.1. The summed E-state index contributed by atoms with van der Waals surface area (Å²) in [6.45, 7) is 5.62. The second-order valence-electron chi connectivity index (χ2n) is 8.29. The lowest BCUT2D eigenvalue weighted by Gasteiger charge is -2.27. The molecule has 2 aromatic heterocycles. The van der Waals surface area contributed by atoms with Gasteiger partial charge in [0.2, 0.25) is 0 Å². The first kappa shape index (κ1) is 19.2. The molecule has 2 aliphatic rings. The highest BCUT2D eigenvalue weighted by atomic mass is 35.5. The fraction of sp³-hybridized carbons (Fsp3) is 0.364. The van der Waals surface area contributed by atoms with Crippen molar-refractivity contribution in [3.63, 3.8) is 0 Å². The number of rotatable bonds is 4. The Balaban J connectivity index is 1.42. The highest BCUT2D eigenvalue weighted by Gasteiger charge is 2.56. The number of amides is 1. The second kappa shape index (κ2) is 7.49. The number of aromatic nitrogens is 4. The summed E-state index contributed by atoms with van der Waals surface area (Å²) >= 11 is 6.40. The van der Waals surface area contributed by atoms with Crippen LogP contribution in [0.2, 0.25) is 5.02 Å². The van der Waals surface area contributed by atoms with Crippen LogP contribution in [0.15, 0.2) is 48.8 Å². The van der Waals surface area contributed by atoms with Crippen LogP contribution in [0.25, 0.3) is 0 Å². The maximum Gasteiger partial charge on any atom is 0.255 e. The number of likely N-dealkylation sites (tertiary alicyclic amines) is 2. The third kappa shape index (κ3) is 3.28. The molecule has 1 amide bonds. The van der Waals surface area contributed by atoms with Crippen molar-refractivity contribution >= 4 is 17.5 Å². The molecule has 7 nitrogen and oxygen atoms in total. The normalized spacial score (nSPS) is 23.7. The van der Waals surface area contributed by atoms with Crippen LogP contribution in [0.1, 0.15) is 27.6 Å². The molecule has 30 heavy (non-hydrogen) atoms. The van der Waals surface area contributed by atoms with Crippen LogP contribution in [0.4, 0.5) is 0 Å². The fourth-order valence-corrected chi connectivity index (χ4v) is 5.06. The van der Waals surface area contributed by atoms with E-state index in [-0.39, 0.29) is 17.2 Å². The summed E-state index contributed by atoms with van der Waals surface area (Å²) in [5, 5.41) is 8.29. The van der Waals surface area contributed by atoms with Gasteiger partial charge in [0.05, 0.1) is 11.0 Å². The third-order valence-corrected chi connectivity index (χ3v) is 6.64. The van der Waals surface area contributed by atoms with Gasteiger partial charge in [-0.05, 0) is 30.7 Å². The van der Waals surface area contributed by atoms with Gasteiger partial charge in [-0.25, -0.2) is 4.98 Å². The van der Waals surface area contributed by atoms with E-state index in [1.807, 2.05) is 36.1 Å². The van der Waals surface area contributed by atoms with Gasteiger partial charge in [0.1, 0.15) is 5.82 Å². The second-order valence-corrected chi connectivity index (χ2v) is 8.69. The molecule has 0 radical (unpaired) electrons. The quantitative estimate of drug-likeness (QED) is 0.699. The average Bonchev–Trinajstić information content (AvgIpc) is 3.42. The third-order valence-electron chi connectivity index (χ3n) is 6.27. The molecule has 2 saturated heterocycles. The first-order chi connectivity index (χ1) is 14.5. The zero-order chi connectivity index (χ0) is 20.7. The van der Waals surface area contributed by atoms with Crippen molar-refractivity contribution in [3.05, 3.63) is 76.6 Å². The number of nitrogens with one attached hydrogen (secondary N) is 1. The minimum Gasteiger partial charge on any atom is -0.337 e. The van der Waals surface area contributed by atoms with Crippen LogP contribution >= 0.6 is 11.6 Å². The molecule has 2 fully saturated rings. The van der Waals surface area contributed by atoms with Gasteiger partial charge in [0.25, 0.3) is 5.91 Å². The first-order valence-corrected chi connectivity index (χ1v) is 10.5. The zero-order valence-electron chi connectivity index (χ0n) is 16.8. The van der Waals surface area contributed by atoms with E-state index in [9.17, 15) is 4.79 Å². The van der Waals surface area contributed by atoms with Crippen LogP contribution < -0.4 is 0 Å². The van der Waals surface area contributed by atoms with Crippen molar-refractivity contribution < 1.29 is 4.79 Å².